The molecule has 2 aliphatic carbocycles. The van der Waals surface area contributed by atoms with Crippen molar-refractivity contribution in [3.05, 3.63) is 75.9 Å². The van der Waals surface area contributed by atoms with Crippen LogP contribution in [0, 0.1) is 23.2 Å². The first-order chi connectivity index (χ1) is 18.8. The van der Waals surface area contributed by atoms with Gasteiger partial charge in [0.1, 0.15) is 11.5 Å². The third-order valence-corrected chi connectivity index (χ3v) is 9.60. The Hall–Kier alpha value is -3.24. The highest BCUT2D eigenvalue weighted by Gasteiger charge is 2.41. The van der Waals surface area contributed by atoms with E-state index in [1.165, 1.54) is 30.7 Å². The lowest BCUT2D eigenvalue weighted by Crippen LogP contribution is -2.44. The first-order valence-corrected chi connectivity index (χ1v) is 14.5. The van der Waals surface area contributed by atoms with Gasteiger partial charge in [0.05, 0.1) is 17.3 Å². The number of carbonyl (C=O) groups excluding carboxylic acids is 1. The summed E-state index contributed by atoms with van der Waals surface area (Å²) in [5.74, 6) is 2.04. The van der Waals surface area contributed by atoms with Gasteiger partial charge >= 0.3 is 0 Å². The van der Waals surface area contributed by atoms with Crippen LogP contribution in [0.25, 0.3) is 0 Å². The van der Waals surface area contributed by atoms with E-state index < -0.39 is 5.67 Å². The van der Waals surface area contributed by atoms with Crippen molar-refractivity contribution in [2.45, 2.75) is 63.5 Å². The molecular formula is C32H38FN5O. The minimum atomic E-state index is -1.48. The van der Waals surface area contributed by atoms with Crippen molar-refractivity contribution in [3.63, 3.8) is 0 Å². The standard InChI is InChI=1S/C32H38FN5O/c1-21-18-26(23-4-3-5-23)27(30-35-28-10-14-37(2)15-11-29(28)36-30)19-25(21)31(39)38-16-12-32(33,13-17-38)24-8-6-22(20-34)7-9-24/h6-9,18-19,23,26-27H,3-5,10-17H2,1-2H3,(H,35,36). The normalized spacial score (nSPS) is 25.5. The van der Waals surface area contributed by atoms with Gasteiger partial charge in [-0.15, -0.1) is 0 Å². The number of nitrogens with one attached hydrogen (secondary N) is 1. The number of fused-ring (bicyclic) bond motifs is 1. The smallest absolute Gasteiger partial charge is 0.253 e. The molecule has 1 aromatic carbocycles. The molecule has 2 aromatic rings. The van der Waals surface area contributed by atoms with Gasteiger partial charge in [-0.1, -0.05) is 30.7 Å². The van der Waals surface area contributed by atoms with Crippen LogP contribution in [0.1, 0.15) is 73.3 Å². The first kappa shape index (κ1) is 26.0. The van der Waals surface area contributed by atoms with Gasteiger partial charge in [0.2, 0.25) is 0 Å². The van der Waals surface area contributed by atoms with E-state index in [1.807, 2.05) is 4.90 Å². The van der Waals surface area contributed by atoms with Crippen LogP contribution < -0.4 is 0 Å². The summed E-state index contributed by atoms with van der Waals surface area (Å²) in [7, 11) is 2.16. The van der Waals surface area contributed by atoms with Gasteiger partial charge in [0.15, 0.2) is 0 Å². The van der Waals surface area contributed by atoms with Gasteiger partial charge in [-0.2, -0.15) is 5.26 Å². The van der Waals surface area contributed by atoms with Crippen LogP contribution in [-0.4, -0.2) is 58.9 Å². The molecule has 2 fully saturated rings. The van der Waals surface area contributed by atoms with Gasteiger partial charge in [0, 0.05) is 69.0 Å². The molecule has 1 saturated heterocycles. The highest BCUT2D eigenvalue weighted by atomic mass is 19.1. The molecule has 1 saturated carbocycles. The molecule has 0 spiro atoms. The Bertz CT molecular complexity index is 1310. The van der Waals surface area contributed by atoms with E-state index >= 15 is 4.39 Å². The second-order valence-corrected chi connectivity index (χ2v) is 12.0. The molecule has 2 unspecified atom stereocenters. The quantitative estimate of drug-likeness (QED) is 0.594. The molecule has 0 radical (unpaired) electrons. The van der Waals surface area contributed by atoms with E-state index in [2.05, 4.69) is 42.1 Å². The zero-order valence-electron chi connectivity index (χ0n) is 23.0. The number of aromatic amines is 1. The number of likely N-dealkylation sites (N-methyl/N-ethyl adjacent to an activating group) is 1. The van der Waals surface area contributed by atoms with Gasteiger partial charge in [-0.05, 0) is 61.9 Å². The predicted molar refractivity (Wildman–Crippen MR) is 149 cm³/mol. The summed E-state index contributed by atoms with van der Waals surface area (Å²) in [6, 6.07) is 8.84. The molecule has 1 N–H and O–H groups in total. The van der Waals surface area contributed by atoms with Crippen LogP contribution in [0.3, 0.4) is 0 Å². The Morgan fingerprint density at radius 2 is 1.82 bits per heavy atom. The number of piperidine rings is 1. The number of H-pyrrole nitrogens is 1. The van der Waals surface area contributed by atoms with Crippen LogP contribution in [-0.2, 0) is 23.3 Å². The second-order valence-electron chi connectivity index (χ2n) is 12.0. The minimum absolute atomic E-state index is 0.00238. The number of alkyl halides is 1. The number of nitriles is 1. The van der Waals surface area contributed by atoms with E-state index in [4.69, 9.17) is 10.2 Å². The highest BCUT2D eigenvalue weighted by Crippen LogP contribution is 2.46. The number of likely N-dealkylation sites (tertiary alicyclic amines) is 1. The number of halogens is 1. The molecule has 204 valence electrons. The van der Waals surface area contributed by atoms with E-state index in [9.17, 15) is 4.79 Å². The summed E-state index contributed by atoms with van der Waals surface area (Å²) >= 11 is 0. The number of allylic oxidation sites excluding steroid dienone is 2. The molecule has 2 atom stereocenters. The average Bonchev–Trinajstić information content (AvgIpc) is 3.24. The molecule has 1 amide bonds. The number of imidazole rings is 1. The molecule has 4 aliphatic rings. The highest BCUT2D eigenvalue weighted by molar-refractivity contribution is 5.98. The maximum atomic E-state index is 15.9. The van der Waals surface area contributed by atoms with Crippen molar-refractivity contribution in [2.24, 2.45) is 11.8 Å². The predicted octanol–water partition coefficient (Wildman–Crippen LogP) is 5.19. The van der Waals surface area contributed by atoms with E-state index in [-0.39, 0.29) is 24.7 Å². The summed E-state index contributed by atoms with van der Waals surface area (Å²) in [6.07, 6.45) is 10.7. The Morgan fingerprint density at radius 3 is 2.49 bits per heavy atom. The van der Waals surface area contributed by atoms with Crippen LogP contribution in [0.5, 0.6) is 0 Å². The Kier molecular flexibility index (Phi) is 6.93. The number of benzene rings is 1. The third kappa shape index (κ3) is 4.96. The minimum Gasteiger partial charge on any atom is -0.345 e. The number of hydrogen-bond acceptors (Lipinski definition) is 4. The SMILES string of the molecule is CC1=CC(C2CCC2)C(c2nc3c([nH]2)CCN(C)CC3)C=C1C(=O)N1CCC(F)(c2ccc(C#N)cc2)CC1. The number of amides is 1. The zero-order chi connectivity index (χ0) is 27.1. The van der Waals surface area contributed by atoms with Crippen molar-refractivity contribution in [3.8, 4) is 6.07 Å². The lowest BCUT2D eigenvalue weighted by atomic mass is 9.67. The summed E-state index contributed by atoms with van der Waals surface area (Å²) in [5.41, 5.74) is 3.83. The van der Waals surface area contributed by atoms with E-state index in [0.29, 0.717) is 36.1 Å². The van der Waals surface area contributed by atoms with Crippen LogP contribution in [0.2, 0.25) is 0 Å². The average molecular weight is 528 g/mol. The third-order valence-electron chi connectivity index (χ3n) is 9.60. The fourth-order valence-electron chi connectivity index (χ4n) is 6.78. The van der Waals surface area contributed by atoms with Crippen molar-refractivity contribution >= 4 is 5.91 Å². The molecule has 6 rings (SSSR count). The fourth-order valence-corrected chi connectivity index (χ4v) is 6.78. The number of aromatic nitrogens is 2. The molecule has 1 aromatic heterocycles. The summed E-state index contributed by atoms with van der Waals surface area (Å²) in [6.45, 7) is 4.84. The molecule has 3 heterocycles. The van der Waals surface area contributed by atoms with E-state index in [1.54, 1.807) is 24.3 Å². The molecular weight excluding hydrogens is 489 g/mol. The maximum absolute atomic E-state index is 15.9. The lowest BCUT2D eigenvalue weighted by molar-refractivity contribution is -0.129. The van der Waals surface area contributed by atoms with Gasteiger partial charge < -0.3 is 14.8 Å². The van der Waals surface area contributed by atoms with Crippen LogP contribution >= 0.6 is 0 Å². The fraction of sp³-hybridized carbons (Fsp3) is 0.531. The maximum Gasteiger partial charge on any atom is 0.253 e. The van der Waals surface area contributed by atoms with E-state index in [0.717, 1.165) is 42.9 Å². The van der Waals surface area contributed by atoms with Crippen molar-refractivity contribution < 1.29 is 9.18 Å². The summed E-state index contributed by atoms with van der Waals surface area (Å²) < 4.78 is 15.9. The van der Waals surface area contributed by atoms with Gasteiger partial charge in [-0.25, -0.2) is 9.37 Å². The topological polar surface area (TPSA) is 76.0 Å². The Labute approximate surface area is 230 Å². The van der Waals surface area contributed by atoms with Crippen molar-refractivity contribution in [2.75, 3.05) is 33.2 Å². The lowest BCUT2D eigenvalue weighted by Gasteiger charge is -2.40. The van der Waals surface area contributed by atoms with Gasteiger partial charge in [-0.3, -0.25) is 4.79 Å². The number of carbonyl (C=O) groups is 1. The number of nitrogens with zero attached hydrogens (tertiary/aromatic N) is 4. The molecule has 7 heteroatoms. The van der Waals surface area contributed by atoms with Crippen molar-refractivity contribution in [1.82, 2.24) is 19.8 Å². The first-order valence-electron chi connectivity index (χ1n) is 14.5. The molecule has 0 bridgehead atoms. The zero-order valence-corrected chi connectivity index (χ0v) is 23.0. The molecule has 2 aliphatic heterocycles. The second kappa shape index (κ2) is 10.4. The van der Waals surface area contributed by atoms with Crippen molar-refractivity contribution in [1.29, 1.82) is 5.26 Å². The monoisotopic (exact) mass is 527 g/mol. The largest absolute Gasteiger partial charge is 0.345 e. The van der Waals surface area contributed by atoms with Crippen LogP contribution in [0.15, 0.2) is 47.6 Å². The number of rotatable bonds is 4. The van der Waals surface area contributed by atoms with Crippen LogP contribution in [0.4, 0.5) is 4.39 Å². The van der Waals surface area contributed by atoms with Gasteiger partial charge in [0.25, 0.3) is 5.91 Å². The summed E-state index contributed by atoms with van der Waals surface area (Å²) in [5, 5.41) is 9.06. The Morgan fingerprint density at radius 1 is 1.10 bits per heavy atom. The molecule has 39 heavy (non-hydrogen) atoms. The Balaban J connectivity index is 1.22. The summed E-state index contributed by atoms with van der Waals surface area (Å²) in [4.78, 5) is 26.8. The number of hydrogen-bond donors (Lipinski definition) is 1. The molecule has 6 nitrogen and oxygen atoms in total.